The van der Waals surface area contributed by atoms with E-state index < -0.39 is 0 Å². The number of nitrogens with zero attached hydrogens (tertiary/aromatic N) is 3. The van der Waals surface area contributed by atoms with E-state index in [9.17, 15) is 0 Å². The van der Waals surface area contributed by atoms with Gasteiger partial charge in [0.15, 0.2) is 0 Å². The van der Waals surface area contributed by atoms with E-state index in [0.717, 1.165) is 0 Å². The van der Waals surface area contributed by atoms with Crippen molar-refractivity contribution in [1.29, 1.82) is 0 Å². The summed E-state index contributed by atoms with van der Waals surface area (Å²) in [5.74, 6) is 0.627. The highest BCUT2D eigenvalue weighted by Crippen LogP contribution is 2.38. The normalized spacial score (nSPS) is 20.1. The van der Waals surface area contributed by atoms with E-state index in [0.29, 0.717) is 5.92 Å². The molecule has 2 rings (SSSR count). The summed E-state index contributed by atoms with van der Waals surface area (Å²) in [5.41, 5.74) is 0. The van der Waals surface area contributed by atoms with Crippen LogP contribution in [0.1, 0.15) is 18.9 Å². The number of hydrogen-bond donors (Lipinski definition) is 1. The van der Waals surface area contributed by atoms with Crippen molar-refractivity contribution < 1.29 is 5.11 Å². The molecule has 1 unspecified atom stereocenters. The zero-order valence-corrected chi connectivity index (χ0v) is 6.22. The first-order valence-corrected chi connectivity index (χ1v) is 3.87. The molecule has 0 aliphatic heterocycles. The van der Waals surface area contributed by atoms with Crippen LogP contribution in [-0.4, -0.2) is 26.5 Å². The third-order valence-electron chi connectivity index (χ3n) is 2.13. The summed E-state index contributed by atoms with van der Waals surface area (Å²) in [4.78, 5) is 3.84. The summed E-state index contributed by atoms with van der Waals surface area (Å²) >= 11 is 0. The average Bonchev–Trinajstić information content (AvgIpc) is 2.68. The Morgan fingerprint density at radius 3 is 2.91 bits per heavy atom. The Morgan fingerprint density at radius 2 is 2.45 bits per heavy atom. The van der Waals surface area contributed by atoms with Gasteiger partial charge in [-0.1, -0.05) is 0 Å². The lowest BCUT2D eigenvalue weighted by molar-refractivity contribution is 0.202. The minimum atomic E-state index is 0.164. The lowest BCUT2D eigenvalue weighted by atomic mass is 10.2. The number of hydrogen-bond acceptors (Lipinski definition) is 3. The third-order valence-corrected chi connectivity index (χ3v) is 2.13. The first kappa shape index (κ1) is 6.79. The second kappa shape index (κ2) is 2.62. The molecule has 11 heavy (non-hydrogen) atoms. The van der Waals surface area contributed by atoms with Gasteiger partial charge in [-0.05, 0) is 18.8 Å². The van der Waals surface area contributed by atoms with E-state index >= 15 is 0 Å². The maximum Gasteiger partial charge on any atom is 0.137 e. The van der Waals surface area contributed by atoms with Gasteiger partial charge in [-0.25, -0.2) is 9.67 Å². The van der Waals surface area contributed by atoms with Gasteiger partial charge in [0, 0.05) is 0 Å². The van der Waals surface area contributed by atoms with Crippen LogP contribution in [0.15, 0.2) is 12.7 Å². The Kier molecular flexibility index (Phi) is 1.62. The molecule has 1 aliphatic carbocycles. The summed E-state index contributed by atoms with van der Waals surface area (Å²) < 4.78 is 1.75. The van der Waals surface area contributed by atoms with Gasteiger partial charge in [0.1, 0.15) is 12.7 Å². The van der Waals surface area contributed by atoms with E-state index in [1.165, 1.54) is 19.2 Å². The molecule has 60 valence electrons. The fraction of sp³-hybridized carbons (Fsp3) is 0.714. The van der Waals surface area contributed by atoms with E-state index in [4.69, 9.17) is 5.11 Å². The van der Waals surface area contributed by atoms with Crippen LogP contribution in [-0.2, 0) is 0 Å². The number of aliphatic hydroxyl groups excluding tert-OH is 1. The third kappa shape index (κ3) is 1.26. The molecule has 0 aromatic carbocycles. The van der Waals surface area contributed by atoms with Crippen LogP contribution in [0.5, 0.6) is 0 Å². The highest BCUT2D eigenvalue weighted by atomic mass is 16.3. The van der Waals surface area contributed by atoms with Crippen LogP contribution in [0, 0.1) is 5.92 Å². The number of aromatic nitrogens is 3. The van der Waals surface area contributed by atoms with E-state index in [-0.39, 0.29) is 12.6 Å². The molecule has 0 bridgehead atoms. The fourth-order valence-corrected chi connectivity index (χ4v) is 1.32. The molecule has 1 aromatic heterocycles. The Labute approximate surface area is 64.9 Å². The molecule has 1 N–H and O–H groups in total. The van der Waals surface area contributed by atoms with Crippen molar-refractivity contribution in [3.8, 4) is 0 Å². The van der Waals surface area contributed by atoms with Crippen LogP contribution >= 0.6 is 0 Å². The molecular weight excluding hydrogens is 142 g/mol. The summed E-state index contributed by atoms with van der Waals surface area (Å²) in [6, 6.07) is 0.164. The second-order valence-electron chi connectivity index (χ2n) is 2.96. The van der Waals surface area contributed by atoms with Gasteiger partial charge in [0.2, 0.25) is 0 Å². The van der Waals surface area contributed by atoms with Crippen LogP contribution in [0.3, 0.4) is 0 Å². The fourth-order valence-electron chi connectivity index (χ4n) is 1.32. The maximum absolute atomic E-state index is 9.02. The van der Waals surface area contributed by atoms with Crippen molar-refractivity contribution in [1.82, 2.24) is 14.8 Å². The molecular formula is C7H11N3O. The summed E-state index contributed by atoms with van der Waals surface area (Å²) in [7, 11) is 0. The van der Waals surface area contributed by atoms with Crippen LogP contribution in [0.2, 0.25) is 0 Å². The monoisotopic (exact) mass is 153 g/mol. The molecule has 1 aliphatic rings. The molecule has 0 amide bonds. The summed E-state index contributed by atoms with van der Waals surface area (Å²) in [6.45, 7) is 0.175. The zero-order valence-electron chi connectivity index (χ0n) is 6.22. The van der Waals surface area contributed by atoms with Gasteiger partial charge in [-0.15, -0.1) is 0 Å². The highest BCUT2D eigenvalue weighted by Gasteiger charge is 2.32. The molecule has 4 nitrogen and oxygen atoms in total. The first-order chi connectivity index (χ1) is 5.42. The van der Waals surface area contributed by atoms with E-state index in [1.807, 2.05) is 0 Å². The highest BCUT2D eigenvalue weighted by molar-refractivity contribution is 4.84. The first-order valence-electron chi connectivity index (χ1n) is 3.87. The summed E-state index contributed by atoms with van der Waals surface area (Å²) in [5, 5.41) is 13.0. The largest absolute Gasteiger partial charge is 0.394 e. The molecule has 1 fully saturated rings. The minimum Gasteiger partial charge on any atom is -0.394 e. The SMILES string of the molecule is OCC(C1CC1)n1cncn1. The Morgan fingerprint density at radius 1 is 1.64 bits per heavy atom. The van der Waals surface area contributed by atoms with Crippen LogP contribution in [0.25, 0.3) is 0 Å². The smallest absolute Gasteiger partial charge is 0.137 e. The van der Waals surface area contributed by atoms with Gasteiger partial charge in [0.25, 0.3) is 0 Å². The Hall–Kier alpha value is -0.900. The summed E-state index contributed by atoms with van der Waals surface area (Å²) in [6.07, 6.45) is 5.60. The van der Waals surface area contributed by atoms with Crippen molar-refractivity contribution in [3.05, 3.63) is 12.7 Å². The lowest BCUT2D eigenvalue weighted by Gasteiger charge is -2.11. The number of rotatable bonds is 3. The molecule has 0 spiro atoms. The minimum absolute atomic E-state index is 0.164. The van der Waals surface area contributed by atoms with Gasteiger partial charge in [0.05, 0.1) is 12.6 Å². The Bertz CT molecular complexity index is 218. The molecule has 1 saturated carbocycles. The standard InChI is InChI=1S/C7H11N3O/c11-3-7(6-1-2-6)10-5-8-4-9-10/h4-7,11H,1-3H2. The lowest BCUT2D eigenvalue weighted by Crippen LogP contribution is -2.15. The molecule has 0 saturated heterocycles. The molecule has 1 aromatic rings. The average molecular weight is 153 g/mol. The maximum atomic E-state index is 9.02. The predicted octanol–water partition coefficient (Wildman–Crippen LogP) is 0.222. The molecule has 4 heteroatoms. The zero-order chi connectivity index (χ0) is 7.68. The van der Waals surface area contributed by atoms with Crippen molar-refractivity contribution in [3.63, 3.8) is 0 Å². The van der Waals surface area contributed by atoms with E-state index in [1.54, 1.807) is 11.0 Å². The molecule has 0 radical (unpaired) electrons. The van der Waals surface area contributed by atoms with Crippen molar-refractivity contribution in [2.75, 3.05) is 6.61 Å². The van der Waals surface area contributed by atoms with Crippen molar-refractivity contribution in [2.45, 2.75) is 18.9 Å². The van der Waals surface area contributed by atoms with Gasteiger partial charge < -0.3 is 5.11 Å². The molecule has 1 heterocycles. The van der Waals surface area contributed by atoms with Crippen molar-refractivity contribution >= 4 is 0 Å². The van der Waals surface area contributed by atoms with Crippen LogP contribution in [0.4, 0.5) is 0 Å². The topological polar surface area (TPSA) is 50.9 Å². The van der Waals surface area contributed by atoms with Gasteiger partial charge in [-0.3, -0.25) is 0 Å². The predicted molar refractivity (Wildman–Crippen MR) is 38.9 cm³/mol. The quantitative estimate of drug-likeness (QED) is 0.675. The number of aliphatic hydroxyl groups is 1. The van der Waals surface area contributed by atoms with Gasteiger partial charge in [-0.2, -0.15) is 5.10 Å². The Balaban J connectivity index is 2.11. The van der Waals surface area contributed by atoms with Gasteiger partial charge >= 0.3 is 0 Å². The van der Waals surface area contributed by atoms with Crippen LogP contribution < -0.4 is 0 Å². The van der Waals surface area contributed by atoms with Crippen molar-refractivity contribution in [2.24, 2.45) is 5.92 Å². The molecule has 1 atom stereocenters. The van der Waals surface area contributed by atoms with E-state index in [2.05, 4.69) is 10.1 Å². The second-order valence-corrected chi connectivity index (χ2v) is 2.96.